The molecule has 3 N–H and O–H groups in total. The standard InChI is InChI=1S/C24H20O3/c1-10-5-6-14-20-15(25)7-12(3)19-13(4)9-17(27)23(24(19)20)22-16(26)8-11(2)18(10)21(14)22/h5-9,25-27H,1-4H3. The second-order valence-corrected chi connectivity index (χ2v) is 7.69. The van der Waals surface area contributed by atoms with Crippen molar-refractivity contribution in [1.82, 2.24) is 0 Å². The highest BCUT2D eigenvalue weighted by molar-refractivity contribution is 6.37. The van der Waals surface area contributed by atoms with Crippen LogP contribution >= 0.6 is 0 Å². The summed E-state index contributed by atoms with van der Waals surface area (Å²) in [5.74, 6) is 0.473. The second-order valence-electron chi connectivity index (χ2n) is 7.69. The molecule has 0 fully saturated rings. The zero-order valence-electron chi connectivity index (χ0n) is 15.7. The van der Waals surface area contributed by atoms with Gasteiger partial charge in [0.1, 0.15) is 17.2 Å². The van der Waals surface area contributed by atoms with E-state index in [2.05, 4.69) is 6.07 Å². The maximum Gasteiger partial charge on any atom is 0.124 e. The van der Waals surface area contributed by atoms with Gasteiger partial charge >= 0.3 is 0 Å². The molecule has 0 aliphatic heterocycles. The lowest BCUT2D eigenvalue weighted by Gasteiger charge is -2.21. The van der Waals surface area contributed by atoms with Crippen LogP contribution in [0.1, 0.15) is 22.3 Å². The van der Waals surface area contributed by atoms with Gasteiger partial charge in [0, 0.05) is 26.9 Å². The van der Waals surface area contributed by atoms with Gasteiger partial charge in [0.15, 0.2) is 0 Å². The summed E-state index contributed by atoms with van der Waals surface area (Å²) in [5.41, 5.74) is 3.97. The van der Waals surface area contributed by atoms with Crippen LogP contribution in [0.4, 0.5) is 0 Å². The van der Waals surface area contributed by atoms with Crippen molar-refractivity contribution < 1.29 is 15.3 Å². The Hall–Kier alpha value is -3.20. The molecule has 0 bridgehead atoms. The molecule has 5 aromatic carbocycles. The molecule has 0 spiro atoms. The van der Waals surface area contributed by atoms with E-state index in [9.17, 15) is 15.3 Å². The van der Waals surface area contributed by atoms with Crippen molar-refractivity contribution >= 4 is 43.1 Å². The van der Waals surface area contributed by atoms with Gasteiger partial charge in [-0.25, -0.2) is 0 Å². The van der Waals surface area contributed by atoms with Crippen LogP contribution in [0.3, 0.4) is 0 Å². The molecule has 0 aliphatic carbocycles. The zero-order valence-corrected chi connectivity index (χ0v) is 15.7. The Kier molecular flexibility index (Phi) is 2.93. The van der Waals surface area contributed by atoms with Gasteiger partial charge in [-0.1, -0.05) is 12.1 Å². The summed E-state index contributed by atoms with van der Waals surface area (Å²) >= 11 is 0. The maximum atomic E-state index is 10.9. The molecule has 0 radical (unpaired) electrons. The minimum Gasteiger partial charge on any atom is -0.507 e. The number of phenols is 3. The van der Waals surface area contributed by atoms with E-state index < -0.39 is 0 Å². The van der Waals surface area contributed by atoms with Crippen LogP contribution in [0.2, 0.25) is 0 Å². The fraction of sp³-hybridized carbons (Fsp3) is 0.167. The van der Waals surface area contributed by atoms with Crippen molar-refractivity contribution in [2.24, 2.45) is 0 Å². The van der Waals surface area contributed by atoms with Crippen LogP contribution in [0.5, 0.6) is 17.2 Å². The summed E-state index contributed by atoms with van der Waals surface area (Å²) in [6, 6.07) is 9.36. The van der Waals surface area contributed by atoms with Crippen LogP contribution in [0, 0.1) is 27.7 Å². The Morgan fingerprint density at radius 3 is 1.44 bits per heavy atom. The van der Waals surface area contributed by atoms with E-state index in [1.165, 1.54) is 0 Å². The number of fused-ring (bicyclic) bond motifs is 2. The molecule has 3 nitrogen and oxygen atoms in total. The molecule has 0 saturated heterocycles. The van der Waals surface area contributed by atoms with Crippen LogP contribution in [0.25, 0.3) is 43.1 Å². The predicted octanol–water partition coefficient (Wildman–Crippen LogP) is 6.09. The van der Waals surface area contributed by atoms with E-state index in [-0.39, 0.29) is 17.2 Å². The first-order valence-corrected chi connectivity index (χ1v) is 9.06. The Morgan fingerprint density at radius 1 is 0.444 bits per heavy atom. The lowest BCUT2D eigenvalue weighted by Crippen LogP contribution is -1.94. The van der Waals surface area contributed by atoms with E-state index in [0.717, 1.165) is 54.6 Å². The van der Waals surface area contributed by atoms with E-state index in [1.54, 1.807) is 18.2 Å². The number of hydrogen-bond acceptors (Lipinski definition) is 3. The molecule has 3 heteroatoms. The molecule has 0 heterocycles. The monoisotopic (exact) mass is 356 g/mol. The molecule has 134 valence electrons. The Morgan fingerprint density at radius 2 is 0.889 bits per heavy atom. The van der Waals surface area contributed by atoms with Crippen molar-refractivity contribution in [2.75, 3.05) is 0 Å². The Bertz CT molecular complexity index is 1420. The van der Waals surface area contributed by atoms with Gasteiger partial charge in [-0.3, -0.25) is 0 Å². The average molecular weight is 356 g/mol. The molecule has 0 unspecified atom stereocenters. The third kappa shape index (κ3) is 1.81. The summed E-state index contributed by atoms with van der Waals surface area (Å²) in [6.45, 7) is 7.94. The summed E-state index contributed by atoms with van der Waals surface area (Å²) in [4.78, 5) is 0. The number of hydrogen-bond donors (Lipinski definition) is 3. The van der Waals surface area contributed by atoms with Crippen molar-refractivity contribution in [2.45, 2.75) is 27.7 Å². The third-order valence-electron chi connectivity index (χ3n) is 5.94. The Labute approximate surface area is 156 Å². The molecule has 5 rings (SSSR count). The average Bonchev–Trinajstić information content (AvgIpc) is 2.58. The first-order chi connectivity index (χ1) is 12.8. The van der Waals surface area contributed by atoms with Crippen LogP contribution in [-0.4, -0.2) is 15.3 Å². The lowest BCUT2D eigenvalue weighted by molar-refractivity contribution is 0.476. The molecule has 0 aromatic heterocycles. The minimum absolute atomic E-state index is 0.124. The molecule has 0 amide bonds. The van der Waals surface area contributed by atoms with Gasteiger partial charge in [-0.2, -0.15) is 0 Å². The molecule has 0 saturated carbocycles. The van der Waals surface area contributed by atoms with E-state index in [0.29, 0.717) is 10.8 Å². The number of phenolic OH excluding ortho intramolecular Hbond substituents is 3. The van der Waals surface area contributed by atoms with Crippen LogP contribution < -0.4 is 0 Å². The molecular formula is C24H20O3. The van der Waals surface area contributed by atoms with Gasteiger partial charge < -0.3 is 15.3 Å². The largest absolute Gasteiger partial charge is 0.507 e. The number of benzene rings is 5. The summed E-state index contributed by atoms with van der Waals surface area (Å²) in [5, 5.41) is 39.3. The highest BCUT2D eigenvalue weighted by Crippen LogP contribution is 2.51. The molecule has 5 aromatic rings. The fourth-order valence-electron chi connectivity index (χ4n) is 4.97. The lowest BCUT2D eigenvalue weighted by atomic mass is 9.84. The Balaban J connectivity index is 2.35. The first kappa shape index (κ1) is 16.0. The predicted molar refractivity (Wildman–Crippen MR) is 112 cm³/mol. The van der Waals surface area contributed by atoms with Gasteiger partial charge in [-0.05, 0) is 84.3 Å². The van der Waals surface area contributed by atoms with Crippen LogP contribution in [0.15, 0.2) is 30.3 Å². The van der Waals surface area contributed by atoms with E-state index in [1.807, 2.05) is 33.8 Å². The number of aryl methyl sites for hydroxylation is 4. The molecule has 0 atom stereocenters. The summed E-state index contributed by atoms with van der Waals surface area (Å²) < 4.78 is 0. The number of aromatic hydroxyl groups is 3. The summed E-state index contributed by atoms with van der Waals surface area (Å²) in [6.07, 6.45) is 0. The normalized spacial score (nSPS) is 12.1. The van der Waals surface area contributed by atoms with E-state index >= 15 is 0 Å². The second kappa shape index (κ2) is 4.95. The topological polar surface area (TPSA) is 60.7 Å². The minimum atomic E-state index is 0.124. The number of rotatable bonds is 0. The van der Waals surface area contributed by atoms with Crippen molar-refractivity contribution in [3.05, 3.63) is 52.6 Å². The zero-order chi connectivity index (χ0) is 19.2. The van der Waals surface area contributed by atoms with Crippen molar-refractivity contribution in [3.63, 3.8) is 0 Å². The quantitative estimate of drug-likeness (QED) is 0.232. The molecule has 27 heavy (non-hydrogen) atoms. The SMILES string of the molecule is Cc1ccc2c3c(O)cc(C)c4c(C)cc(O)c(c5c(O)cc(C)c1c25)c43. The molecule has 0 aliphatic rings. The summed E-state index contributed by atoms with van der Waals surface area (Å²) in [7, 11) is 0. The van der Waals surface area contributed by atoms with Gasteiger partial charge in [-0.15, -0.1) is 0 Å². The highest BCUT2D eigenvalue weighted by atomic mass is 16.3. The maximum absolute atomic E-state index is 10.9. The van der Waals surface area contributed by atoms with Crippen molar-refractivity contribution in [3.8, 4) is 17.2 Å². The fourth-order valence-corrected chi connectivity index (χ4v) is 4.97. The van der Waals surface area contributed by atoms with Crippen LogP contribution in [-0.2, 0) is 0 Å². The third-order valence-corrected chi connectivity index (χ3v) is 5.94. The first-order valence-electron chi connectivity index (χ1n) is 9.06. The molecular weight excluding hydrogens is 336 g/mol. The van der Waals surface area contributed by atoms with Gasteiger partial charge in [0.05, 0.1) is 0 Å². The van der Waals surface area contributed by atoms with Gasteiger partial charge in [0.2, 0.25) is 0 Å². The van der Waals surface area contributed by atoms with Crippen molar-refractivity contribution in [1.29, 1.82) is 0 Å². The van der Waals surface area contributed by atoms with Gasteiger partial charge in [0.25, 0.3) is 0 Å². The van der Waals surface area contributed by atoms with E-state index in [4.69, 9.17) is 0 Å². The smallest absolute Gasteiger partial charge is 0.124 e. The highest BCUT2D eigenvalue weighted by Gasteiger charge is 2.23.